The lowest BCUT2D eigenvalue weighted by molar-refractivity contribution is 0.0953. The molecule has 0 radical (unpaired) electrons. The van der Waals surface area contributed by atoms with E-state index in [1.54, 1.807) is 30.3 Å². The topological polar surface area (TPSA) is 83.7 Å². The van der Waals surface area contributed by atoms with Gasteiger partial charge in [0.15, 0.2) is 5.76 Å². The first-order valence-electron chi connectivity index (χ1n) is 10.5. The van der Waals surface area contributed by atoms with Gasteiger partial charge < -0.3 is 9.73 Å². The molecule has 32 heavy (non-hydrogen) atoms. The summed E-state index contributed by atoms with van der Waals surface area (Å²) >= 11 is 6.16. The van der Waals surface area contributed by atoms with Gasteiger partial charge in [-0.05, 0) is 63.4 Å². The molecule has 0 atom stereocenters. The molecule has 1 aliphatic carbocycles. The van der Waals surface area contributed by atoms with E-state index in [1.165, 1.54) is 0 Å². The van der Waals surface area contributed by atoms with E-state index in [4.69, 9.17) is 16.0 Å². The molecule has 164 valence electrons. The van der Waals surface area contributed by atoms with Crippen LogP contribution in [0.3, 0.4) is 0 Å². The first kappa shape index (κ1) is 21.8. The zero-order chi connectivity index (χ0) is 22.8. The average Bonchev–Trinajstić information content (AvgIpc) is 3.13. The Labute approximate surface area is 191 Å². The molecule has 7 heteroatoms. The van der Waals surface area contributed by atoms with E-state index >= 15 is 0 Å². The molecule has 0 aliphatic heterocycles. The number of halogens is 1. The van der Waals surface area contributed by atoms with Gasteiger partial charge in [-0.1, -0.05) is 35.4 Å². The third-order valence-corrected chi connectivity index (χ3v) is 6.06. The van der Waals surface area contributed by atoms with Gasteiger partial charge in [0.1, 0.15) is 5.76 Å². The second kappa shape index (κ2) is 9.01. The van der Waals surface area contributed by atoms with Crippen molar-refractivity contribution in [3.05, 3.63) is 86.8 Å². The van der Waals surface area contributed by atoms with Crippen molar-refractivity contribution in [2.75, 3.05) is 5.32 Å². The number of furan rings is 1. The Balaban J connectivity index is 1.57. The first-order chi connectivity index (χ1) is 15.3. The van der Waals surface area contributed by atoms with Crippen LogP contribution in [0.5, 0.6) is 0 Å². The molecule has 0 bridgehead atoms. The van der Waals surface area contributed by atoms with E-state index in [-0.39, 0.29) is 17.6 Å². The number of carbonyl (C=O) groups excluding carboxylic acids is 2. The van der Waals surface area contributed by atoms with E-state index in [9.17, 15) is 9.59 Å². The van der Waals surface area contributed by atoms with Gasteiger partial charge in [0.2, 0.25) is 0 Å². The van der Waals surface area contributed by atoms with Crippen LogP contribution in [0.4, 0.5) is 5.69 Å². The smallest absolute Gasteiger partial charge is 0.291 e. The van der Waals surface area contributed by atoms with Crippen LogP contribution in [0.25, 0.3) is 0 Å². The first-order valence-corrected chi connectivity index (χ1v) is 10.9. The third kappa shape index (κ3) is 4.32. The molecule has 2 N–H and O–H groups in total. The number of rotatable bonds is 4. The Kier molecular flexibility index (Phi) is 6.15. The van der Waals surface area contributed by atoms with Crippen molar-refractivity contribution >= 4 is 34.8 Å². The Morgan fingerprint density at radius 3 is 2.47 bits per heavy atom. The van der Waals surface area contributed by atoms with Gasteiger partial charge in [-0.2, -0.15) is 5.10 Å². The fraction of sp³-hybridized carbons (Fsp3) is 0.240. The van der Waals surface area contributed by atoms with E-state index in [0.29, 0.717) is 46.2 Å². The molecule has 4 rings (SSSR count). The van der Waals surface area contributed by atoms with Crippen LogP contribution in [-0.4, -0.2) is 17.5 Å². The summed E-state index contributed by atoms with van der Waals surface area (Å²) in [5.74, 6) is 0.337. The van der Waals surface area contributed by atoms with Crippen molar-refractivity contribution in [3.8, 4) is 0 Å². The normalized spacial score (nSPS) is 14.2. The molecule has 1 heterocycles. The van der Waals surface area contributed by atoms with E-state index in [0.717, 1.165) is 23.1 Å². The summed E-state index contributed by atoms with van der Waals surface area (Å²) < 4.78 is 5.94. The summed E-state index contributed by atoms with van der Waals surface area (Å²) in [6.45, 7) is 5.65. The van der Waals surface area contributed by atoms with Crippen molar-refractivity contribution in [1.82, 2.24) is 5.43 Å². The minimum atomic E-state index is -0.342. The van der Waals surface area contributed by atoms with Crippen LogP contribution < -0.4 is 10.7 Å². The van der Waals surface area contributed by atoms with Crippen molar-refractivity contribution in [1.29, 1.82) is 0 Å². The number of fused-ring (bicyclic) bond motifs is 1. The lowest BCUT2D eigenvalue weighted by atomic mass is 9.93. The molecule has 0 spiro atoms. The minimum absolute atomic E-state index is 0.244. The number of anilines is 1. The lowest BCUT2D eigenvalue weighted by Crippen LogP contribution is -2.22. The van der Waals surface area contributed by atoms with E-state index < -0.39 is 0 Å². The molecule has 2 amide bonds. The number of amides is 2. The van der Waals surface area contributed by atoms with Gasteiger partial charge in [-0.15, -0.1) is 0 Å². The van der Waals surface area contributed by atoms with Gasteiger partial charge >= 0.3 is 0 Å². The van der Waals surface area contributed by atoms with Crippen LogP contribution in [0.1, 0.15) is 61.8 Å². The maximum Gasteiger partial charge on any atom is 0.291 e. The zero-order valence-electron chi connectivity index (χ0n) is 18.2. The van der Waals surface area contributed by atoms with Gasteiger partial charge in [-0.25, -0.2) is 5.43 Å². The number of hydrogen-bond donors (Lipinski definition) is 2. The SMILES string of the molecule is Cc1ccc(C(=O)N/N=C2\CCCc3oc(C(=O)Nc4cccc(Cl)c4C)c(C)c32)cc1. The Bertz CT molecular complexity index is 1230. The molecule has 1 aliphatic rings. The summed E-state index contributed by atoms with van der Waals surface area (Å²) in [4.78, 5) is 25.4. The van der Waals surface area contributed by atoms with E-state index in [1.807, 2.05) is 32.9 Å². The average molecular weight is 450 g/mol. The van der Waals surface area contributed by atoms with Gasteiger partial charge in [0.05, 0.1) is 5.71 Å². The lowest BCUT2D eigenvalue weighted by Gasteiger charge is -2.13. The summed E-state index contributed by atoms with van der Waals surface area (Å²) in [6.07, 6.45) is 2.23. The van der Waals surface area contributed by atoms with Crippen LogP contribution in [0, 0.1) is 20.8 Å². The van der Waals surface area contributed by atoms with Crippen LogP contribution in [0.15, 0.2) is 52.0 Å². The molecular weight excluding hydrogens is 426 g/mol. The van der Waals surface area contributed by atoms with Crippen molar-refractivity contribution in [2.24, 2.45) is 5.10 Å². The number of nitrogens with one attached hydrogen (secondary N) is 2. The summed E-state index contributed by atoms with van der Waals surface area (Å²) in [5.41, 5.74) is 7.91. The highest BCUT2D eigenvalue weighted by molar-refractivity contribution is 6.31. The van der Waals surface area contributed by atoms with Crippen LogP contribution in [0.2, 0.25) is 5.02 Å². The number of hydrazone groups is 1. The van der Waals surface area contributed by atoms with Crippen molar-refractivity contribution in [3.63, 3.8) is 0 Å². The summed E-state index contributed by atoms with van der Waals surface area (Å²) in [7, 11) is 0. The standard InChI is InChI=1S/C25H24ClN3O3/c1-14-10-12-17(13-11-14)24(30)29-28-20-8-5-9-21-22(20)16(3)23(32-21)25(31)27-19-7-4-6-18(26)15(19)2/h4,6-7,10-13H,5,8-9H2,1-3H3,(H,27,31)(H,29,30)/b28-20+. The third-order valence-electron chi connectivity index (χ3n) is 5.65. The van der Waals surface area contributed by atoms with E-state index in [2.05, 4.69) is 15.8 Å². The predicted molar refractivity (Wildman–Crippen MR) is 126 cm³/mol. The monoisotopic (exact) mass is 449 g/mol. The number of nitrogens with zero attached hydrogens (tertiary/aromatic N) is 1. The van der Waals surface area contributed by atoms with Crippen LogP contribution >= 0.6 is 11.6 Å². The number of carbonyl (C=O) groups is 2. The second-order valence-corrected chi connectivity index (χ2v) is 8.35. The molecule has 6 nitrogen and oxygen atoms in total. The van der Waals surface area contributed by atoms with Crippen molar-refractivity contribution < 1.29 is 14.0 Å². The van der Waals surface area contributed by atoms with Crippen molar-refractivity contribution in [2.45, 2.75) is 40.0 Å². The predicted octanol–water partition coefficient (Wildman–Crippen LogP) is 5.58. The highest BCUT2D eigenvalue weighted by Crippen LogP contribution is 2.31. The minimum Gasteiger partial charge on any atom is -0.455 e. The Hall–Kier alpha value is -3.38. The quantitative estimate of drug-likeness (QED) is 0.510. The number of benzene rings is 2. The summed E-state index contributed by atoms with van der Waals surface area (Å²) in [6, 6.07) is 12.6. The molecule has 3 aromatic rings. The highest BCUT2D eigenvalue weighted by Gasteiger charge is 2.28. The zero-order valence-corrected chi connectivity index (χ0v) is 19.0. The number of aryl methyl sites for hydroxylation is 2. The molecule has 0 saturated carbocycles. The van der Waals surface area contributed by atoms with Crippen LogP contribution in [-0.2, 0) is 6.42 Å². The van der Waals surface area contributed by atoms with Gasteiger partial charge in [-0.3, -0.25) is 9.59 Å². The fourth-order valence-electron chi connectivity index (χ4n) is 3.81. The van der Waals surface area contributed by atoms with Gasteiger partial charge in [0, 0.05) is 33.8 Å². The molecule has 1 aromatic heterocycles. The molecular formula is C25H24ClN3O3. The molecule has 0 unspecified atom stereocenters. The largest absolute Gasteiger partial charge is 0.455 e. The number of hydrogen-bond acceptors (Lipinski definition) is 4. The molecule has 2 aromatic carbocycles. The Morgan fingerprint density at radius 1 is 0.969 bits per heavy atom. The molecule has 0 fully saturated rings. The highest BCUT2D eigenvalue weighted by atomic mass is 35.5. The Morgan fingerprint density at radius 2 is 1.72 bits per heavy atom. The fourth-order valence-corrected chi connectivity index (χ4v) is 3.98. The second-order valence-electron chi connectivity index (χ2n) is 7.94. The van der Waals surface area contributed by atoms with Gasteiger partial charge in [0.25, 0.3) is 11.8 Å². The maximum atomic E-state index is 12.9. The molecule has 0 saturated heterocycles. The maximum absolute atomic E-state index is 12.9. The summed E-state index contributed by atoms with van der Waals surface area (Å²) in [5, 5.41) is 7.84.